The van der Waals surface area contributed by atoms with Crippen molar-refractivity contribution in [2.75, 3.05) is 41.0 Å². The van der Waals surface area contributed by atoms with E-state index in [0.717, 1.165) is 64.2 Å². The molecular weight excluding hydrogens is 666 g/mol. The van der Waals surface area contributed by atoms with Crippen molar-refractivity contribution in [3.05, 3.63) is 24.3 Å². The topological polar surface area (TPSA) is 99.1 Å². The molecule has 0 spiro atoms. The molecule has 0 aliphatic heterocycles. The van der Waals surface area contributed by atoms with E-state index < -0.39 is 18.1 Å². The van der Waals surface area contributed by atoms with Crippen molar-refractivity contribution < 1.29 is 38.2 Å². The number of carboxylic acid groups (broad SMARTS) is 1. The highest BCUT2D eigenvalue weighted by atomic mass is 16.6. The minimum Gasteiger partial charge on any atom is -0.477 e. The smallest absolute Gasteiger partial charge is 0.362 e. The van der Waals surface area contributed by atoms with Crippen molar-refractivity contribution in [3.63, 3.8) is 0 Å². The highest BCUT2D eigenvalue weighted by molar-refractivity contribution is 5.72. The minimum atomic E-state index is -0.877. The number of quaternary nitrogens is 1. The van der Waals surface area contributed by atoms with E-state index in [1.54, 1.807) is 0 Å². The second-order valence-electron chi connectivity index (χ2n) is 15.9. The largest absolute Gasteiger partial charge is 0.477 e. The van der Waals surface area contributed by atoms with Gasteiger partial charge in [0.25, 0.3) is 0 Å². The summed E-state index contributed by atoms with van der Waals surface area (Å²) in [5, 5.41) is 9.60. The zero-order chi connectivity index (χ0) is 39.3. The molecule has 0 bridgehead atoms. The van der Waals surface area contributed by atoms with Crippen LogP contribution in [-0.4, -0.2) is 80.6 Å². The summed E-state index contributed by atoms with van der Waals surface area (Å²) >= 11 is 0. The molecule has 0 aromatic rings. The first-order valence-corrected chi connectivity index (χ1v) is 21.9. The van der Waals surface area contributed by atoms with Crippen molar-refractivity contribution in [1.82, 2.24) is 0 Å². The molecular formula is C45H84NO7+. The Morgan fingerprint density at radius 2 is 0.962 bits per heavy atom. The Morgan fingerprint density at radius 1 is 0.547 bits per heavy atom. The SMILES string of the molecule is CCCC/C=C/CCCCCCCC(=O)OCC(COCCC(C(=O)O)[N+](C)(C)C)OC(=O)CCCCCCC/C=C/CCCCCCCCCCC. The molecule has 0 radical (unpaired) electrons. The third-order valence-electron chi connectivity index (χ3n) is 9.82. The fourth-order valence-electron chi connectivity index (χ4n) is 6.36. The van der Waals surface area contributed by atoms with Crippen LogP contribution in [-0.2, 0) is 28.6 Å². The van der Waals surface area contributed by atoms with Crippen LogP contribution in [0.1, 0.15) is 194 Å². The number of carbonyl (C=O) groups is 3. The van der Waals surface area contributed by atoms with Crippen LogP contribution in [0.15, 0.2) is 24.3 Å². The van der Waals surface area contributed by atoms with E-state index in [1.165, 1.54) is 96.3 Å². The van der Waals surface area contributed by atoms with Gasteiger partial charge in [0, 0.05) is 19.3 Å². The van der Waals surface area contributed by atoms with E-state index in [4.69, 9.17) is 14.2 Å². The molecule has 2 atom stereocenters. The first-order valence-electron chi connectivity index (χ1n) is 21.9. The summed E-state index contributed by atoms with van der Waals surface area (Å²) in [5.74, 6) is -1.48. The molecule has 53 heavy (non-hydrogen) atoms. The maximum atomic E-state index is 12.7. The number of rotatable bonds is 39. The van der Waals surface area contributed by atoms with Gasteiger partial charge >= 0.3 is 17.9 Å². The summed E-state index contributed by atoms with van der Waals surface area (Å²) in [6.07, 6.45) is 39.3. The number of allylic oxidation sites excluding steroid dienone is 4. The predicted molar refractivity (Wildman–Crippen MR) is 220 cm³/mol. The number of esters is 2. The van der Waals surface area contributed by atoms with Crippen molar-refractivity contribution in [2.45, 2.75) is 206 Å². The summed E-state index contributed by atoms with van der Waals surface area (Å²) in [6, 6.07) is -0.614. The molecule has 310 valence electrons. The van der Waals surface area contributed by atoms with Crippen LogP contribution < -0.4 is 0 Å². The van der Waals surface area contributed by atoms with Gasteiger partial charge in [-0.05, 0) is 57.8 Å². The molecule has 0 heterocycles. The van der Waals surface area contributed by atoms with Gasteiger partial charge in [0.05, 0.1) is 34.4 Å². The van der Waals surface area contributed by atoms with Crippen LogP contribution in [0.5, 0.6) is 0 Å². The molecule has 8 heteroatoms. The highest BCUT2D eigenvalue weighted by Gasteiger charge is 2.31. The molecule has 0 saturated carbocycles. The highest BCUT2D eigenvalue weighted by Crippen LogP contribution is 2.14. The molecule has 0 fully saturated rings. The van der Waals surface area contributed by atoms with Crippen LogP contribution in [0.25, 0.3) is 0 Å². The summed E-state index contributed by atoms with van der Waals surface area (Å²) in [6.45, 7) is 4.69. The molecule has 0 saturated heterocycles. The third kappa shape index (κ3) is 35.3. The molecule has 0 rings (SSSR count). The Morgan fingerprint density at radius 3 is 1.42 bits per heavy atom. The first-order chi connectivity index (χ1) is 25.6. The summed E-state index contributed by atoms with van der Waals surface area (Å²) < 4.78 is 17.2. The van der Waals surface area contributed by atoms with Crippen molar-refractivity contribution in [2.24, 2.45) is 0 Å². The van der Waals surface area contributed by atoms with Gasteiger partial charge in [-0.2, -0.15) is 0 Å². The van der Waals surface area contributed by atoms with E-state index in [9.17, 15) is 19.5 Å². The van der Waals surface area contributed by atoms with Crippen LogP contribution in [0.4, 0.5) is 0 Å². The van der Waals surface area contributed by atoms with E-state index in [1.807, 2.05) is 21.1 Å². The van der Waals surface area contributed by atoms with E-state index in [-0.39, 0.29) is 36.2 Å². The lowest BCUT2D eigenvalue weighted by Crippen LogP contribution is -2.50. The van der Waals surface area contributed by atoms with E-state index in [2.05, 4.69) is 38.2 Å². The molecule has 0 aromatic carbocycles. The van der Waals surface area contributed by atoms with Crippen LogP contribution in [0.2, 0.25) is 0 Å². The number of carbonyl (C=O) groups excluding carboxylic acids is 2. The van der Waals surface area contributed by atoms with Gasteiger partial charge in [0.15, 0.2) is 12.1 Å². The third-order valence-corrected chi connectivity index (χ3v) is 9.82. The number of carboxylic acids is 1. The minimum absolute atomic E-state index is 0.0563. The normalized spacial score (nSPS) is 13.2. The maximum Gasteiger partial charge on any atom is 0.362 e. The van der Waals surface area contributed by atoms with Gasteiger partial charge in [-0.1, -0.05) is 141 Å². The van der Waals surface area contributed by atoms with Gasteiger partial charge in [0.1, 0.15) is 6.61 Å². The average molecular weight is 751 g/mol. The van der Waals surface area contributed by atoms with Gasteiger partial charge in [-0.3, -0.25) is 9.59 Å². The Hall–Kier alpha value is -2.19. The number of hydrogen-bond donors (Lipinski definition) is 1. The van der Waals surface area contributed by atoms with Gasteiger partial charge in [-0.25, -0.2) is 4.79 Å². The Balaban J connectivity index is 4.33. The summed E-state index contributed by atoms with van der Waals surface area (Å²) in [4.78, 5) is 36.9. The summed E-state index contributed by atoms with van der Waals surface area (Å²) in [5.41, 5.74) is 0. The zero-order valence-corrected chi connectivity index (χ0v) is 35.2. The zero-order valence-electron chi connectivity index (χ0n) is 35.2. The number of unbranched alkanes of at least 4 members (excludes halogenated alkanes) is 21. The van der Waals surface area contributed by atoms with E-state index >= 15 is 0 Å². The Labute approximate surface area is 326 Å². The Bertz CT molecular complexity index is 926. The lowest BCUT2D eigenvalue weighted by molar-refractivity contribution is -0.887. The van der Waals surface area contributed by atoms with Crippen molar-refractivity contribution in [1.29, 1.82) is 0 Å². The second-order valence-corrected chi connectivity index (χ2v) is 15.9. The van der Waals surface area contributed by atoms with Gasteiger partial charge in [0.2, 0.25) is 0 Å². The quantitative estimate of drug-likeness (QED) is 0.0289. The number of hydrogen-bond acceptors (Lipinski definition) is 6. The van der Waals surface area contributed by atoms with Crippen LogP contribution in [0.3, 0.4) is 0 Å². The molecule has 0 aliphatic rings. The van der Waals surface area contributed by atoms with Crippen molar-refractivity contribution >= 4 is 17.9 Å². The van der Waals surface area contributed by atoms with Crippen LogP contribution >= 0.6 is 0 Å². The Kier molecular flexibility index (Phi) is 35.2. The number of nitrogens with zero attached hydrogens (tertiary/aromatic N) is 1. The molecule has 2 unspecified atom stereocenters. The number of ether oxygens (including phenoxy) is 3. The standard InChI is InChI=1S/C45H83NO7/c1-6-8-10-12-14-16-18-19-20-21-22-23-24-26-28-30-32-34-36-44(48)53-41(39-51-38-37-42(45(49)50)46(3,4)5)40-52-43(47)35-33-31-29-27-25-17-15-13-11-9-7-2/h13,15,22-23,41-42H,6-12,14,16-21,24-40H2,1-5H3/p+1/b15-13+,23-22+. The maximum absolute atomic E-state index is 12.7. The number of aliphatic carboxylic acids is 1. The predicted octanol–water partition coefficient (Wildman–Crippen LogP) is 11.7. The lowest BCUT2D eigenvalue weighted by Gasteiger charge is -2.31. The lowest BCUT2D eigenvalue weighted by atomic mass is 10.1. The van der Waals surface area contributed by atoms with Gasteiger partial charge in [-0.15, -0.1) is 0 Å². The molecule has 0 aliphatic carbocycles. The fraction of sp³-hybridized carbons (Fsp3) is 0.844. The average Bonchev–Trinajstić information content (AvgIpc) is 3.11. The molecule has 0 aromatic heterocycles. The van der Waals surface area contributed by atoms with Crippen molar-refractivity contribution in [3.8, 4) is 0 Å². The molecule has 1 N–H and O–H groups in total. The number of likely N-dealkylation sites (N-methyl/N-ethyl adjacent to an activating group) is 1. The molecule has 8 nitrogen and oxygen atoms in total. The van der Waals surface area contributed by atoms with Crippen LogP contribution in [0, 0.1) is 0 Å². The van der Waals surface area contributed by atoms with Gasteiger partial charge < -0.3 is 23.8 Å². The monoisotopic (exact) mass is 751 g/mol. The first kappa shape index (κ1) is 50.8. The molecule has 0 amide bonds. The summed E-state index contributed by atoms with van der Waals surface area (Å²) in [7, 11) is 5.52. The second kappa shape index (κ2) is 36.8. The van der Waals surface area contributed by atoms with E-state index in [0.29, 0.717) is 19.3 Å². The fourth-order valence-corrected chi connectivity index (χ4v) is 6.36.